The molecule has 0 amide bonds. The molecule has 1 aliphatic heterocycles. The minimum atomic E-state index is -0.287. The first-order valence-corrected chi connectivity index (χ1v) is 4.47. The third-order valence-corrected chi connectivity index (χ3v) is 2.37. The molecule has 0 saturated heterocycles. The van der Waals surface area contributed by atoms with Gasteiger partial charge < -0.3 is 9.47 Å². The Morgan fingerprint density at radius 1 is 1.50 bits per heavy atom. The Balaban J connectivity index is 1.94. The standard InChI is InChI=1S/C11H8O3/c1-6(12)13-8-2-3-9-7(4-8)5-10-11(9)14-10/h2-4H,5H2,1H3. The van der Waals surface area contributed by atoms with E-state index in [-0.39, 0.29) is 5.97 Å². The van der Waals surface area contributed by atoms with E-state index in [1.807, 2.05) is 12.1 Å². The maximum absolute atomic E-state index is 10.7. The van der Waals surface area contributed by atoms with Crippen LogP contribution in [0.4, 0.5) is 0 Å². The maximum atomic E-state index is 10.7. The van der Waals surface area contributed by atoms with Crippen molar-refractivity contribution in [1.29, 1.82) is 0 Å². The SMILES string of the molecule is CC(=O)Oc1ccc2c(c1)CC1=C2O1. The van der Waals surface area contributed by atoms with Gasteiger partial charge in [0.05, 0.1) is 0 Å². The average molecular weight is 188 g/mol. The highest BCUT2D eigenvalue weighted by Gasteiger charge is 2.35. The summed E-state index contributed by atoms with van der Waals surface area (Å²) < 4.78 is 10.2. The number of ether oxygens (including phenoxy) is 2. The second-order valence-electron chi connectivity index (χ2n) is 3.44. The van der Waals surface area contributed by atoms with E-state index in [4.69, 9.17) is 9.47 Å². The van der Waals surface area contributed by atoms with Crippen LogP contribution in [-0.2, 0) is 16.0 Å². The summed E-state index contributed by atoms with van der Waals surface area (Å²) in [5, 5.41) is 0. The predicted molar refractivity (Wildman–Crippen MR) is 49.5 cm³/mol. The molecule has 1 aromatic rings. The Morgan fingerprint density at radius 2 is 2.36 bits per heavy atom. The van der Waals surface area contributed by atoms with Crippen molar-refractivity contribution >= 4 is 11.7 Å². The zero-order valence-corrected chi connectivity index (χ0v) is 7.66. The van der Waals surface area contributed by atoms with Crippen LogP contribution in [0.15, 0.2) is 24.0 Å². The molecule has 0 unspecified atom stereocenters. The molecule has 3 nitrogen and oxygen atoms in total. The summed E-state index contributed by atoms with van der Waals surface area (Å²) in [6, 6.07) is 5.62. The van der Waals surface area contributed by atoms with Gasteiger partial charge in [-0.2, -0.15) is 0 Å². The quantitative estimate of drug-likeness (QED) is 0.498. The number of fused-ring (bicyclic) bond motifs is 2. The molecule has 14 heavy (non-hydrogen) atoms. The molecule has 0 aromatic heterocycles. The molecule has 1 aromatic carbocycles. The average Bonchev–Trinajstić information content (AvgIpc) is 2.77. The molecule has 70 valence electrons. The van der Waals surface area contributed by atoms with E-state index in [9.17, 15) is 4.79 Å². The van der Waals surface area contributed by atoms with E-state index in [0.29, 0.717) is 5.75 Å². The number of hydrogen-bond acceptors (Lipinski definition) is 3. The van der Waals surface area contributed by atoms with Crippen molar-refractivity contribution in [1.82, 2.24) is 0 Å². The lowest BCUT2D eigenvalue weighted by molar-refractivity contribution is -0.131. The second kappa shape index (κ2) is 2.38. The Hall–Kier alpha value is -1.77. The normalized spacial score (nSPS) is 15.8. The van der Waals surface area contributed by atoms with Crippen molar-refractivity contribution in [2.45, 2.75) is 13.3 Å². The number of carbonyl (C=O) groups is 1. The van der Waals surface area contributed by atoms with E-state index >= 15 is 0 Å². The van der Waals surface area contributed by atoms with Crippen LogP contribution in [0.2, 0.25) is 0 Å². The van der Waals surface area contributed by atoms with Crippen LogP contribution in [0.1, 0.15) is 18.1 Å². The minimum absolute atomic E-state index is 0.287. The summed E-state index contributed by atoms with van der Waals surface area (Å²) in [6.45, 7) is 1.40. The monoisotopic (exact) mass is 188 g/mol. The van der Waals surface area contributed by atoms with Crippen molar-refractivity contribution in [2.24, 2.45) is 0 Å². The lowest BCUT2D eigenvalue weighted by atomic mass is 10.1. The summed E-state index contributed by atoms with van der Waals surface area (Å²) in [7, 11) is 0. The maximum Gasteiger partial charge on any atom is 0.308 e. The summed E-state index contributed by atoms with van der Waals surface area (Å²) >= 11 is 0. The molecular weight excluding hydrogens is 180 g/mol. The lowest BCUT2D eigenvalue weighted by Crippen LogP contribution is -2.02. The highest BCUT2D eigenvalue weighted by molar-refractivity contribution is 5.80. The van der Waals surface area contributed by atoms with Gasteiger partial charge in [0.15, 0.2) is 11.5 Å². The molecule has 0 atom stereocenters. The molecule has 1 aliphatic carbocycles. The predicted octanol–water partition coefficient (Wildman–Crippen LogP) is 1.87. The summed E-state index contributed by atoms with van der Waals surface area (Å²) in [6.07, 6.45) is 0.833. The molecule has 3 heteroatoms. The fourth-order valence-electron chi connectivity index (χ4n) is 1.76. The van der Waals surface area contributed by atoms with Crippen LogP contribution in [0.25, 0.3) is 5.76 Å². The van der Waals surface area contributed by atoms with Gasteiger partial charge in [-0.05, 0) is 23.8 Å². The highest BCUT2D eigenvalue weighted by atomic mass is 16.6. The Labute approximate surface area is 80.9 Å². The summed E-state index contributed by atoms with van der Waals surface area (Å²) in [5.41, 5.74) is 2.32. The van der Waals surface area contributed by atoms with E-state index in [1.165, 1.54) is 12.5 Å². The Bertz CT molecular complexity index is 471. The first-order chi connectivity index (χ1) is 6.74. The minimum Gasteiger partial charge on any atom is -0.453 e. The Kier molecular flexibility index (Phi) is 1.29. The van der Waals surface area contributed by atoms with Gasteiger partial charge in [-0.3, -0.25) is 4.79 Å². The molecular formula is C11H8O3. The first kappa shape index (κ1) is 7.62. The number of carbonyl (C=O) groups excluding carboxylic acids is 1. The van der Waals surface area contributed by atoms with E-state index in [2.05, 4.69) is 0 Å². The Morgan fingerprint density at radius 3 is 3.14 bits per heavy atom. The van der Waals surface area contributed by atoms with Gasteiger partial charge >= 0.3 is 5.97 Å². The van der Waals surface area contributed by atoms with Gasteiger partial charge in [-0.1, -0.05) is 0 Å². The molecule has 0 saturated carbocycles. The van der Waals surface area contributed by atoms with E-state index in [0.717, 1.165) is 23.5 Å². The van der Waals surface area contributed by atoms with Gasteiger partial charge in [-0.15, -0.1) is 0 Å². The topological polar surface area (TPSA) is 38.8 Å². The highest BCUT2D eigenvalue weighted by Crippen LogP contribution is 2.47. The van der Waals surface area contributed by atoms with Crippen molar-refractivity contribution in [3.8, 4) is 5.75 Å². The summed E-state index contributed by atoms with van der Waals surface area (Å²) in [4.78, 5) is 10.7. The fourth-order valence-corrected chi connectivity index (χ4v) is 1.76. The van der Waals surface area contributed by atoms with Gasteiger partial charge in [0, 0.05) is 18.9 Å². The van der Waals surface area contributed by atoms with Crippen molar-refractivity contribution < 1.29 is 14.3 Å². The van der Waals surface area contributed by atoms with Crippen LogP contribution in [-0.4, -0.2) is 5.97 Å². The molecule has 0 bridgehead atoms. The van der Waals surface area contributed by atoms with Gasteiger partial charge in [0.25, 0.3) is 0 Å². The van der Waals surface area contributed by atoms with Gasteiger partial charge in [-0.25, -0.2) is 0 Å². The van der Waals surface area contributed by atoms with E-state index in [1.54, 1.807) is 6.07 Å². The molecule has 0 fully saturated rings. The van der Waals surface area contributed by atoms with Crippen LogP contribution in [0.5, 0.6) is 5.75 Å². The zero-order valence-electron chi connectivity index (χ0n) is 7.66. The molecule has 0 N–H and O–H groups in total. The van der Waals surface area contributed by atoms with Crippen molar-refractivity contribution in [3.05, 3.63) is 35.1 Å². The van der Waals surface area contributed by atoms with Gasteiger partial charge in [0.2, 0.25) is 0 Å². The third kappa shape index (κ3) is 1.02. The zero-order chi connectivity index (χ0) is 9.71. The number of hydrogen-bond donors (Lipinski definition) is 0. The van der Waals surface area contributed by atoms with Crippen LogP contribution >= 0.6 is 0 Å². The van der Waals surface area contributed by atoms with Crippen LogP contribution < -0.4 is 4.74 Å². The molecule has 1 heterocycles. The van der Waals surface area contributed by atoms with Crippen LogP contribution in [0, 0.1) is 0 Å². The second-order valence-corrected chi connectivity index (χ2v) is 3.44. The largest absolute Gasteiger partial charge is 0.453 e. The number of allylic oxidation sites excluding steroid dienone is 1. The molecule has 3 rings (SSSR count). The number of rotatable bonds is 1. The van der Waals surface area contributed by atoms with Crippen molar-refractivity contribution in [2.75, 3.05) is 0 Å². The van der Waals surface area contributed by atoms with Crippen LogP contribution in [0.3, 0.4) is 0 Å². The third-order valence-electron chi connectivity index (χ3n) is 2.37. The molecule has 2 aliphatic rings. The lowest BCUT2D eigenvalue weighted by Gasteiger charge is -2.06. The smallest absolute Gasteiger partial charge is 0.308 e. The number of esters is 1. The molecule has 0 radical (unpaired) electrons. The van der Waals surface area contributed by atoms with E-state index < -0.39 is 0 Å². The number of benzene rings is 1. The van der Waals surface area contributed by atoms with Gasteiger partial charge in [0.1, 0.15) is 5.75 Å². The molecule has 0 spiro atoms. The summed E-state index contributed by atoms with van der Waals surface area (Å²) in [5.74, 6) is 2.39. The van der Waals surface area contributed by atoms with Crippen molar-refractivity contribution in [3.63, 3.8) is 0 Å². The first-order valence-electron chi connectivity index (χ1n) is 4.47. The fraction of sp³-hybridized carbons (Fsp3) is 0.182.